The van der Waals surface area contributed by atoms with Gasteiger partial charge in [-0.3, -0.25) is 4.79 Å². The quantitative estimate of drug-likeness (QED) is 0.338. The minimum Gasteiger partial charge on any atom is -0.494 e. The lowest BCUT2D eigenvalue weighted by Crippen LogP contribution is -2.28. The summed E-state index contributed by atoms with van der Waals surface area (Å²) in [6, 6.07) is 11.4. The van der Waals surface area contributed by atoms with Gasteiger partial charge in [0.2, 0.25) is 11.9 Å². The lowest BCUT2D eigenvalue weighted by molar-refractivity contribution is -0.123. The van der Waals surface area contributed by atoms with Gasteiger partial charge in [0.1, 0.15) is 17.2 Å². The highest BCUT2D eigenvalue weighted by Crippen LogP contribution is 2.38. The van der Waals surface area contributed by atoms with Crippen molar-refractivity contribution in [1.82, 2.24) is 14.5 Å². The fraction of sp³-hybridized carbons (Fsp3) is 0.269. The first-order valence-corrected chi connectivity index (χ1v) is 11.1. The number of rotatable bonds is 6. The zero-order valence-electron chi connectivity index (χ0n) is 20.8. The van der Waals surface area contributed by atoms with Crippen LogP contribution >= 0.6 is 0 Å². The number of carbonyl (C=O) groups is 1. The number of hydrogen-bond donors (Lipinski definition) is 3. The summed E-state index contributed by atoms with van der Waals surface area (Å²) in [5.41, 5.74) is 9.59. The summed E-state index contributed by atoms with van der Waals surface area (Å²) in [6.07, 6.45) is 3.60. The third-order valence-corrected chi connectivity index (χ3v) is 5.67. The molecule has 0 aliphatic heterocycles. The number of nitrogens with two attached hydrogens (primary N) is 1. The number of amides is 1. The molecule has 0 aliphatic rings. The van der Waals surface area contributed by atoms with E-state index in [0.717, 1.165) is 16.5 Å². The van der Waals surface area contributed by atoms with Gasteiger partial charge in [-0.1, -0.05) is 39.0 Å². The van der Waals surface area contributed by atoms with Gasteiger partial charge in [0.05, 0.1) is 37.5 Å². The molecular weight excluding hydrogens is 444 g/mol. The highest BCUT2D eigenvalue weighted by Gasteiger charge is 2.24. The number of nitrogen functional groups attached to an aromatic ring is 1. The van der Waals surface area contributed by atoms with Crippen LogP contribution in [0.15, 0.2) is 48.8 Å². The van der Waals surface area contributed by atoms with Crippen molar-refractivity contribution in [3.63, 3.8) is 0 Å². The first kappa shape index (κ1) is 23.9. The van der Waals surface area contributed by atoms with Crippen LogP contribution in [0.2, 0.25) is 0 Å². The Morgan fingerprint density at radius 2 is 1.77 bits per heavy atom. The van der Waals surface area contributed by atoms with Gasteiger partial charge in [0.25, 0.3) is 0 Å². The molecule has 0 saturated heterocycles. The number of fused-ring (bicyclic) bond motifs is 1. The largest absolute Gasteiger partial charge is 0.494 e. The van der Waals surface area contributed by atoms with E-state index >= 15 is 0 Å². The maximum absolute atomic E-state index is 12.8. The lowest BCUT2D eigenvalue weighted by Gasteiger charge is -2.19. The molecule has 4 aromatic rings. The van der Waals surface area contributed by atoms with Crippen molar-refractivity contribution < 1.29 is 14.3 Å². The van der Waals surface area contributed by atoms with E-state index in [1.165, 1.54) is 0 Å². The Morgan fingerprint density at radius 3 is 2.46 bits per heavy atom. The molecule has 35 heavy (non-hydrogen) atoms. The van der Waals surface area contributed by atoms with Gasteiger partial charge in [-0.15, -0.1) is 0 Å². The predicted octanol–water partition coefficient (Wildman–Crippen LogP) is 4.96. The van der Waals surface area contributed by atoms with Crippen LogP contribution in [0.3, 0.4) is 0 Å². The molecule has 0 bridgehead atoms. The number of ether oxygens (including phenoxy) is 2. The molecule has 9 heteroatoms. The highest BCUT2D eigenvalue weighted by atomic mass is 16.5. The van der Waals surface area contributed by atoms with Crippen LogP contribution in [0.1, 0.15) is 20.8 Å². The van der Waals surface area contributed by atoms with E-state index in [9.17, 15) is 4.79 Å². The first-order chi connectivity index (χ1) is 16.6. The maximum Gasteiger partial charge on any atom is 0.229 e. The van der Waals surface area contributed by atoms with Crippen molar-refractivity contribution in [2.75, 3.05) is 30.6 Å². The number of benzene rings is 2. The van der Waals surface area contributed by atoms with Gasteiger partial charge < -0.3 is 30.4 Å². The molecule has 0 unspecified atom stereocenters. The van der Waals surface area contributed by atoms with Crippen LogP contribution in [-0.2, 0) is 11.8 Å². The summed E-state index contributed by atoms with van der Waals surface area (Å²) in [6.45, 7) is 5.57. The van der Waals surface area contributed by atoms with E-state index in [1.807, 2.05) is 62.8 Å². The van der Waals surface area contributed by atoms with E-state index in [4.69, 9.17) is 20.2 Å². The van der Waals surface area contributed by atoms with Gasteiger partial charge in [-0.05, 0) is 12.1 Å². The molecule has 2 aromatic carbocycles. The summed E-state index contributed by atoms with van der Waals surface area (Å²) in [4.78, 5) is 22.1. The normalized spacial score (nSPS) is 11.4. The van der Waals surface area contributed by atoms with E-state index < -0.39 is 5.41 Å². The zero-order chi connectivity index (χ0) is 25.3. The number of nitrogens with zero attached hydrogens (tertiary/aromatic N) is 3. The van der Waals surface area contributed by atoms with Crippen molar-refractivity contribution in [2.24, 2.45) is 12.5 Å². The van der Waals surface area contributed by atoms with Crippen molar-refractivity contribution >= 4 is 39.8 Å². The molecule has 0 radical (unpaired) electrons. The second kappa shape index (κ2) is 9.17. The Balaban J connectivity index is 1.83. The molecule has 2 heterocycles. The molecule has 0 fully saturated rings. The highest BCUT2D eigenvalue weighted by molar-refractivity contribution is 6.02. The van der Waals surface area contributed by atoms with Gasteiger partial charge in [0, 0.05) is 41.2 Å². The number of carbonyl (C=O) groups excluding carboxylic acids is 1. The number of aromatic nitrogens is 3. The molecule has 0 aliphatic carbocycles. The first-order valence-electron chi connectivity index (χ1n) is 11.1. The smallest absolute Gasteiger partial charge is 0.229 e. The summed E-state index contributed by atoms with van der Waals surface area (Å²) in [5.74, 6) is 1.22. The fourth-order valence-electron chi connectivity index (χ4n) is 3.72. The average molecular weight is 475 g/mol. The minimum atomic E-state index is -0.582. The van der Waals surface area contributed by atoms with Crippen LogP contribution in [0, 0.1) is 5.41 Å². The molecule has 0 atom stereocenters. The molecule has 182 valence electrons. The van der Waals surface area contributed by atoms with Crippen LogP contribution in [0.25, 0.3) is 22.2 Å². The van der Waals surface area contributed by atoms with Gasteiger partial charge >= 0.3 is 0 Å². The zero-order valence-corrected chi connectivity index (χ0v) is 20.8. The van der Waals surface area contributed by atoms with Crippen LogP contribution in [-0.4, -0.2) is 34.7 Å². The molecule has 0 spiro atoms. The fourth-order valence-corrected chi connectivity index (χ4v) is 3.72. The van der Waals surface area contributed by atoms with Crippen LogP contribution in [0.4, 0.5) is 23.0 Å². The van der Waals surface area contributed by atoms with Crippen molar-refractivity contribution in [3.8, 4) is 22.8 Å². The molecule has 4 rings (SSSR count). The van der Waals surface area contributed by atoms with Crippen LogP contribution < -0.4 is 25.8 Å². The Hall–Kier alpha value is -4.27. The minimum absolute atomic E-state index is 0.132. The molecule has 9 nitrogen and oxygen atoms in total. The SMILES string of the molecule is COc1cc(OC)c(Nc2ncc(NC(=O)C(C)(C)C)c(-c3cn(C)c4ccccc34)n2)cc1N. The number of para-hydroxylation sites is 1. The van der Waals surface area contributed by atoms with Gasteiger partial charge in [-0.25, -0.2) is 9.97 Å². The van der Waals surface area contributed by atoms with E-state index in [0.29, 0.717) is 40.2 Å². The summed E-state index contributed by atoms with van der Waals surface area (Å²) < 4.78 is 12.8. The van der Waals surface area contributed by atoms with Gasteiger partial charge in [-0.2, -0.15) is 0 Å². The van der Waals surface area contributed by atoms with Gasteiger partial charge in [0.15, 0.2) is 0 Å². The average Bonchev–Trinajstić information content (AvgIpc) is 3.16. The Kier molecular flexibility index (Phi) is 6.26. The van der Waals surface area contributed by atoms with E-state index in [2.05, 4.69) is 15.6 Å². The number of anilines is 4. The van der Waals surface area contributed by atoms with Crippen molar-refractivity contribution in [3.05, 3.63) is 48.8 Å². The van der Waals surface area contributed by atoms with Crippen molar-refractivity contribution in [1.29, 1.82) is 0 Å². The monoisotopic (exact) mass is 474 g/mol. The number of methoxy groups -OCH3 is 2. The van der Waals surface area contributed by atoms with Crippen LogP contribution in [0.5, 0.6) is 11.5 Å². The molecule has 2 aromatic heterocycles. The maximum atomic E-state index is 12.8. The number of aryl methyl sites for hydroxylation is 1. The number of hydrogen-bond acceptors (Lipinski definition) is 7. The van der Waals surface area contributed by atoms with E-state index in [1.54, 1.807) is 32.5 Å². The van der Waals surface area contributed by atoms with Crippen molar-refractivity contribution in [2.45, 2.75) is 20.8 Å². The molecule has 4 N–H and O–H groups in total. The lowest BCUT2D eigenvalue weighted by atomic mass is 9.95. The summed E-state index contributed by atoms with van der Waals surface area (Å²) >= 11 is 0. The molecule has 0 saturated carbocycles. The Morgan fingerprint density at radius 1 is 1.06 bits per heavy atom. The second-order valence-electron chi connectivity index (χ2n) is 9.25. The number of nitrogens with one attached hydrogen (secondary N) is 2. The summed E-state index contributed by atoms with van der Waals surface area (Å²) in [5, 5.41) is 7.20. The standard InChI is InChI=1S/C26H30N6O3/c1-26(2,3)24(33)29-19-13-28-25(30-18-11-17(27)21(34-5)12-22(18)35-6)31-23(19)16-14-32(4)20-10-8-7-9-15(16)20/h7-14H,27H2,1-6H3,(H,29,33)(H,28,30,31). The molecular formula is C26H30N6O3. The Bertz CT molecular complexity index is 1400. The predicted molar refractivity (Wildman–Crippen MR) is 139 cm³/mol. The van der Waals surface area contributed by atoms with E-state index in [-0.39, 0.29) is 5.91 Å². The topological polar surface area (TPSA) is 116 Å². The second-order valence-corrected chi connectivity index (χ2v) is 9.25. The third-order valence-electron chi connectivity index (χ3n) is 5.67. The third kappa shape index (κ3) is 4.70. The summed E-state index contributed by atoms with van der Waals surface area (Å²) in [7, 11) is 5.08. The molecule has 1 amide bonds. The Labute approximate surface area is 204 Å².